The molecule has 1 atom stereocenters. The summed E-state index contributed by atoms with van der Waals surface area (Å²) in [6.07, 6.45) is -4.20. The van der Waals surface area contributed by atoms with Gasteiger partial charge in [0.25, 0.3) is 5.95 Å². The number of halogens is 6. The fourth-order valence-corrected chi connectivity index (χ4v) is 5.28. The van der Waals surface area contributed by atoms with E-state index in [-0.39, 0.29) is 30.7 Å². The normalized spacial score (nSPS) is 18.3. The summed E-state index contributed by atoms with van der Waals surface area (Å²) in [4.78, 5) is 9.82. The van der Waals surface area contributed by atoms with E-state index in [4.69, 9.17) is 4.98 Å². The predicted molar refractivity (Wildman–Crippen MR) is 140 cm³/mol. The number of rotatable bonds is 9. The third-order valence-electron chi connectivity index (χ3n) is 7.65. The molecule has 15 heteroatoms. The predicted octanol–water partition coefficient (Wildman–Crippen LogP) is 5.12. The van der Waals surface area contributed by atoms with Crippen LogP contribution < -0.4 is 9.80 Å². The van der Waals surface area contributed by atoms with E-state index in [2.05, 4.69) is 25.4 Å². The van der Waals surface area contributed by atoms with E-state index in [0.29, 0.717) is 23.9 Å². The Morgan fingerprint density at radius 1 is 1.05 bits per heavy atom. The number of fused-ring (bicyclic) bond motifs is 1. The van der Waals surface area contributed by atoms with E-state index in [9.17, 15) is 26.3 Å². The van der Waals surface area contributed by atoms with Gasteiger partial charge in [-0.15, -0.1) is 5.10 Å². The molecule has 0 radical (unpaired) electrons. The van der Waals surface area contributed by atoms with Crippen molar-refractivity contribution in [2.24, 2.45) is 25.9 Å². The van der Waals surface area contributed by atoms with Gasteiger partial charge in [0.15, 0.2) is 5.65 Å². The first-order valence-electron chi connectivity index (χ1n) is 13.4. The van der Waals surface area contributed by atoms with E-state index in [1.165, 1.54) is 18.3 Å². The molecule has 1 fully saturated rings. The van der Waals surface area contributed by atoms with E-state index in [1.54, 1.807) is 22.8 Å². The van der Waals surface area contributed by atoms with Gasteiger partial charge in [0.05, 0.1) is 24.7 Å². The second kappa shape index (κ2) is 11.0. The monoisotopic (exact) mass is 583 g/mol. The summed E-state index contributed by atoms with van der Waals surface area (Å²) in [5.74, 6) is -0.952. The first-order valence-corrected chi connectivity index (χ1v) is 13.4. The van der Waals surface area contributed by atoms with Crippen LogP contribution in [0.3, 0.4) is 0 Å². The molecule has 9 nitrogen and oxygen atoms in total. The number of alkyl halides is 6. The van der Waals surface area contributed by atoms with Crippen molar-refractivity contribution in [2.45, 2.75) is 51.5 Å². The van der Waals surface area contributed by atoms with Gasteiger partial charge >= 0.3 is 12.4 Å². The molecule has 0 saturated heterocycles. The summed E-state index contributed by atoms with van der Waals surface area (Å²) in [5, 5.41) is 17.2. The van der Waals surface area contributed by atoms with E-state index < -0.39 is 30.3 Å². The number of aryl methyl sites for hydroxylation is 2. The number of pyridine rings is 1. The summed E-state index contributed by atoms with van der Waals surface area (Å²) in [6, 6.07) is 1.91. The van der Waals surface area contributed by atoms with Crippen molar-refractivity contribution in [3.63, 3.8) is 0 Å². The number of nitrogens with zero attached hydrogens (tertiary/aromatic N) is 9. The van der Waals surface area contributed by atoms with Gasteiger partial charge in [-0.25, -0.2) is 4.98 Å². The van der Waals surface area contributed by atoms with E-state index >= 15 is 0 Å². The SMILES string of the molecule is CCN(CC1CCC1)c1nc2c(cnn2C)cc1CN(CC1=CC(C(F)(F)F)=CC(C(F)(F)F)C1)c1nnn(C)n1. The van der Waals surface area contributed by atoms with Gasteiger partial charge < -0.3 is 9.80 Å². The fraction of sp³-hybridized carbons (Fsp3) is 0.577. The Balaban J connectivity index is 1.53. The first kappa shape index (κ1) is 28.9. The average Bonchev–Trinajstić information content (AvgIpc) is 3.47. The minimum atomic E-state index is -4.92. The number of allylic oxidation sites excluding steroid dienone is 3. The van der Waals surface area contributed by atoms with Crippen molar-refractivity contribution >= 4 is 22.8 Å². The van der Waals surface area contributed by atoms with Crippen molar-refractivity contribution in [3.05, 3.63) is 41.1 Å². The van der Waals surface area contributed by atoms with Crippen molar-refractivity contribution < 1.29 is 26.3 Å². The Morgan fingerprint density at radius 3 is 2.39 bits per heavy atom. The quantitative estimate of drug-likeness (QED) is 0.324. The molecular weight excluding hydrogens is 552 g/mol. The van der Waals surface area contributed by atoms with E-state index in [0.717, 1.165) is 36.4 Å². The Labute approximate surface area is 232 Å². The van der Waals surface area contributed by atoms with Gasteiger partial charge in [-0.05, 0) is 55.0 Å². The van der Waals surface area contributed by atoms with Crippen LogP contribution in [0.1, 0.15) is 38.2 Å². The zero-order chi connectivity index (χ0) is 29.5. The Hall–Kier alpha value is -3.65. The number of tetrazole rings is 1. The third kappa shape index (κ3) is 6.32. The van der Waals surface area contributed by atoms with Gasteiger partial charge in [0.2, 0.25) is 0 Å². The van der Waals surface area contributed by atoms with Gasteiger partial charge in [0.1, 0.15) is 5.82 Å². The fourth-order valence-electron chi connectivity index (χ4n) is 5.28. The highest BCUT2D eigenvalue weighted by Crippen LogP contribution is 2.41. The van der Waals surface area contributed by atoms with Crippen LogP contribution in [0.15, 0.2) is 35.6 Å². The molecule has 0 aliphatic heterocycles. The van der Waals surface area contributed by atoms with Crippen LogP contribution in [0.5, 0.6) is 0 Å². The highest BCUT2D eigenvalue weighted by Gasteiger charge is 2.44. The summed E-state index contributed by atoms with van der Waals surface area (Å²) in [5.41, 5.74) is 0.0516. The van der Waals surface area contributed by atoms with Gasteiger partial charge in [-0.3, -0.25) is 4.68 Å². The lowest BCUT2D eigenvalue weighted by Crippen LogP contribution is -2.35. The van der Waals surface area contributed by atoms with Crippen LogP contribution in [-0.2, 0) is 20.6 Å². The molecule has 3 aromatic rings. The Kier molecular flexibility index (Phi) is 7.72. The second-order valence-corrected chi connectivity index (χ2v) is 10.7. The summed E-state index contributed by atoms with van der Waals surface area (Å²) in [6.45, 7) is 3.31. The maximum Gasteiger partial charge on any atom is 0.416 e. The van der Waals surface area contributed by atoms with Crippen LogP contribution >= 0.6 is 0 Å². The van der Waals surface area contributed by atoms with Crippen molar-refractivity contribution in [3.8, 4) is 0 Å². The molecule has 1 unspecified atom stereocenters. The number of hydrogen-bond acceptors (Lipinski definition) is 7. The molecule has 0 N–H and O–H groups in total. The van der Waals surface area contributed by atoms with Gasteiger partial charge in [-0.1, -0.05) is 17.6 Å². The smallest absolute Gasteiger partial charge is 0.356 e. The highest BCUT2D eigenvalue weighted by molar-refractivity contribution is 5.78. The number of hydrogen-bond donors (Lipinski definition) is 0. The minimum absolute atomic E-state index is 0.0339. The molecular formula is C26H31F6N9. The molecule has 41 heavy (non-hydrogen) atoms. The Morgan fingerprint density at radius 2 is 1.80 bits per heavy atom. The Bertz CT molecular complexity index is 1450. The van der Waals surface area contributed by atoms with E-state index in [1.807, 2.05) is 13.0 Å². The molecule has 0 aromatic carbocycles. The maximum absolute atomic E-state index is 13.6. The van der Waals surface area contributed by atoms with Crippen LogP contribution in [0.2, 0.25) is 0 Å². The highest BCUT2D eigenvalue weighted by atomic mass is 19.4. The number of anilines is 2. The molecule has 5 rings (SSSR count). The lowest BCUT2D eigenvalue weighted by Gasteiger charge is -2.34. The molecule has 222 valence electrons. The molecule has 0 bridgehead atoms. The molecule has 0 spiro atoms. The molecule has 2 aliphatic carbocycles. The van der Waals surface area contributed by atoms with Crippen LogP contribution in [0.4, 0.5) is 38.1 Å². The van der Waals surface area contributed by atoms with Crippen LogP contribution in [0.25, 0.3) is 11.0 Å². The van der Waals surface area contributed by atoms with Gasteiger partial charge in [0, 0.05) is 44.2 Å². The molecule has 3 heterocycles. The minimum Gasteiger partial charge on any atom is -0.356 e. The zero-order valence-electron chi connectivity index (χ0n) is 22.9. The van der Waals surface area contributed by atoms with Crippen molar-refractivity contribution in [1.29, 1.82) is 0 Å². The molecule has 0 amide bonds. The first-order chi connectivity index (χ1) is 19.3. The average molecular weight is 584 g/mol. The van der Waals surface area contributed by atoms with Crippen molar-refractivity contribution in [1.82, 2.24) is 35.0 Å². The largest absolute Gasteiger partial charge is 0.416 e. The zero-order valence-corrected chi connectivity index (χ0v) is 22.9. The standard InChI is InChI=1S/C26H31F6N9/c1-4-40(13-16-6-5-7-16)23-19(10-18-12-33-38(2)22(18)34-23)15-41(24-35-37-39(3)36-24)14-17-8-20(25(27,28)29)11-21(9-17)26(30,31)32/h8,10-12,16,21H,4-7,9,13-15H2,1-3H3. The van der Waals surface area contributed by atoms with Gasteiger partial charge in [-0.2, -0.15) is 36.2 Å². The molecule has 1 saturated carbocycles. The molecule has 3 aromatic heterocycles. The summed E-state index contributed by atoms with van der Waals surface area (Å²) in [7, 11) is 3.32. The van der Waals surface area contributed by atoms with Crippen molar-refractivity contribution in [2.75, 3.05) is 29.4 Å². The maximum atomic E-state index is 13.6. The lowest BCUT2D eigenvalue weighted by atomic mass is 9.85. The van der Waals surface area contributed by atoms with Crippen LogP contribution in [-0.4, -0.2) is 67.0 Å². The third-order valence-corrected chi connectivity index (χ3v) is 7.65. The topological polar surface area (TPSA) is 80.8 Å². The number of aromatic nitrogens is 7. The summed E-state index contributed by atoms with van der Waals surface area (Å²) >= 11 is 0. The summed E-state index contributed by atoms with van der Waals surface area (Å²) < 4.78 is 83.4. The lowest BCUT2D eigenvalue weighted by molar-refractivity contribution is -0.162. The molecule has 2 aliphatic rings. The van der Waals surface area contributed by atoms with Crippen LogP contribution in [0, 0.1) is 11.8 Å². The second-order valence-electron chi connectivity index (χ2n) is 10.7.